The Labute approximate surface area is 168 Å². The molecular weight excluding hydrogens is 350 g/mol. The van der Waals surface area contributed by atoms with Gasteiger partial charge in [0.2, 0.25) is 0 Å². The Hall–Kier alpha value is -2.10. The molecule has 0 radical (unpaired) electrons. The third kappa shape index (κ3) is 3.61. The van der Waals surface area contributed by atoms with Crippen LogP contribution < -0.4 is 9.47 Å². The van der Waals surface area contributed by atoms with Crippen LogP contribution in [0, 0.1) is 23.2 Å². The van der Waals surface area contributed by atoms with Gasteiger partial charge in [-0.1, -0.05) is 6.58 Å². The quantitative estimate of drug-likeness (QED) is 0.294. The Morgan fingerprint density at radius 3 is 2.32 bits per heavy atom. The summed E-state index contributed by atoms with van der Waals surface area (Å²) in [5.74, 6) is 3.29. The van der Waals surface area contributed by atoms with Gasteiger partial charge in [-0.25, -0.2) is 4.79 Å². The zero-order valence-electron chi connectivity index (χ0n) is 17.2. The van der Waals surface area contributed by atoms with Crippen molar-refractivity contribution >= 4 is 12.2 Å². The van der Waals surface area contributed by atoms with Gasteiger partial charge in [-0.15, -0.1) is 0 Å². The molecule has 5 rings (SSSR count). The zero-order valence-corrected chi connectivity index (χ0v) is 17.2. The minimum Gasteiger partial charge on any atom is -0.493 e. The highest BCUT2D eigenvalue weighted by atomic mass is 16.6. The number of rotatable bonds is 6. The first-order chi connectivity index (χ1) is 13.4. The number of methoxy groups -OCH3 is 1. The van der Waals surface area contributed by atoms with Crippen molar-refractivity contribution in [1.82, 2.24) is 0 Å². The Kier molecular flexibility index (Phi) is 5.07. The molecule has 28 heavy (non-hydrogen) atoms. The van der Waals surface area contributed by atoms with Gasteiger partial charge < -0.3 is 9.47 Å². The highest BCUT2D eigenvalue weighted by Crippen LogP contribution is 2.61. The summed E-state index contributed by atoms with van der Waals surface area (Å²) in [7, 11) is 1.58. The summed E-state index contributed by atoms with van der Waals surface area (Å²) < 4.78 is 10.7. The summed E-state index contributed by atoms with van der Waals surface area (Å²) >= 11 is 0. The molecule has 0 saturated heterocycles. The van der Waals surface area contributed by atoms with Crippen molar-refractivity contribution in [2.24, 2.45) is 28.2 Å². The summed E-state index contributed by atoms with van der Waals surface area (Å²) in [5.41, 5.74) is 1.73. The van der Waals surface area contributed by atoms with E-state index in [1.54, 1.807) is 20.1 Å². The van der Waals surface area contributed by atoms with E-state index in [4.69, 9.17) is 14.5 Å². The monoisotopic (exact) mass is 381 g/mol. The predicted molar refractivity (Wildman–Crippen MR) is 111 cm³/mol. The molecule has 4 fully saturated rings. The van der Waals surface area contributed by atoms with E-state index in [1.807, 2.05) is 18.3 Å². The second kappa shape index (κ2) is 7.38. The van der Waals surface area contributed by atoms with Crippen LogP contribution in [0.4, 0.5) is 0 Å². The molecule has 4 bridgehead atoms. The van der Waals surface area contributed by atoms with Gasteiger partial charge in [0, 0.05) is 11.8 Å². The standard InChI is InChI=1S/C24H31NO3/c1-15(2)23(26)28-21-6-5-17(10-22(21)27-4)14-25-16(3)24-11-18-7-19(12-24)9-20(8-18)13-24/h5-6,10,14,16,18-20H,1,7-9,11-13H2,2-4H3. The van der Waals surface area contributed by atoms with Crippen LogP contribution in [-0.4, -0.2) is 25.3 Å². The number of carbonyl (C=O) groups excluding carboxylic acids is 1. The summed E-state index contributed by atoms with van der Waals surface area (Å²) in [6, 6.07) is 5.89. The number of aliphatic imine (C=N–C) groups is 1. The molecule has 4 aliphatic carbocycles. The van der Waals surface area contributed by atoms with Crippen molar-refractivity contribution in [3.8, 4) is 11.5 Å². The van der Waals surface area contributed by atoms with Gasteiger partial charge in [0.25, 0.3) is 0 Å². The van der Waals surface area contributed by atoms with Crippen molar-refractivity contribution in [2.75, 3.05) is 7.11 Å². The first kappa shape index (κ1) is 19.2. The molecule has 4 saturated carbocycles. The van der Waals surface area contributed by atoms with Crippen LogP contribution in [0.2, 0.25) is 0 Å². The van der Waals surface area contributed by atoms with E-state index < -0.39 is 5.97 Å². The number of esters is 1. The van der Waals surface area contributed by atoms with Crippen LogP contribution in [0.3, 0.4) is 0 Å². The Balaban J connectivity index is 1.48. The van der Waals surface area contributed by atoms with Crippen molar-refractivity contribution in [3.63, 3.8) is 0 Å². The van der Waals surface area contributed by atoms with Crippen molar-refractivity contribution < 1.29 is 14.3 Å². The lowest BCUT2D eigenvalue weighted by atomic mass is 9.48. The van der Waals surface area contributed by atoms with E-state index in [0.717, 1.165) is 23.3 Å². The zero-order chi connectivity index (χ0) is 19.9. The summed E-state index contributed by atoms with van der Waals surface area (Å²) in [4.78, 5) is 16.8. The smallest absolute Gasteiger partial charge is 0.338 e. The van der Waals surface area contributed by atoms with Gasteiger partial charge in [-0.05, 0) is 99.3 Å². The van der Waals surface area contributed by atoms with E-state index >= 15 is 0 Å². The van der Waals surface area contributed by atoms with Crippen LogP contribution in [0.1, 0.15) is 57.9 Å². The second-order valence-electron chi connectivity index (χ2n) is 9.31. The summed E-state index contributed by atoms with van der Waals surface area (Å²) in [6.07, 6.45) is 10.4. The molecule has 1 atom stereocenters. The summed E-state index contributed by atoms with van der Waals surface area (Å²) in [6.45, 7) is 7.54. The molecule has 0 aromatic heterocycles. The van der Waals surface area contributed by atoms with Gasteiger partial charge in [0.05, 0.1) is 13.2 Å². The molecule has 0 amide bonds. The molecule has 4 heteroatoms. The first-order valence-electron chi connectivity index (χ1n) is 10.5. The normalized spacial score (nSPS) is 31.8. The average molecular weight is 382 g/mol. The topological polar surface area (TPSA) is 47.9 Å². The predicted octanol–water partition coefficient (Wildman–Crippen LogP) is 5.20. The maximum absolute atomic E-state index is 11.8. The molecule has 0 spiro atoms. The van der Waals surface area contributed by atoms with E-state index in [1.165, 1.54) is 38.5 Å². The van der Waals surface area contributed by atoms with E-state index in [2.05, 4.69) is 13.5 Å². The number of ether oxygens (including phenoxy) is 2. The fraction of sp³-hybridized carbons (Fsp3) is 0.583. The third-order valence-electron chi connectivity index (χ3n) is 7.16. The summed E-state index contributed by atoms with van der Waals surface area (Å²) in [5, 5.41) is 0. The maximum Gasteiger partial charge on any atom is 0.338 e. The first-order valence-corrected chi connectivity index (χ1v) is 10.5. The number of hydrogen-bond acceptors (Lipinski definition) is 4. The number of carbonyl (C=O) groups is 1. The molecule has 1 aromatic rings. The fourth-order valence-electron chi connectivity index (χ4n) is 6.08. The van der Waals surface area contributed by atoms with Gasteiger partial charge in [-0.2, -0.15) is 0 Å². The van der Waals surface area contributed by atoms with E-state index in [9.17, 15) is 4.79 Å². The Morgan fingerprint density at radius 1 is 1.18 bits per heavy atom. The van der Waals surface area contributed by atoms with Crippen LogP contribution in [0.15, 0.2) is 35.3 Å². The molecule has 4 nitrogen and oxygen atoms in total. The fourth-order valence-corrected chi connectivity index (χ4v) is 6.08. The van der Waals surface area contributed by atoms with Crippen LogP contribution in [0.25, 0.3) is 0 Å². The molecule has 0 N–H and O–H groups in total. The number of benzene rings is 1. The molecule has 1 aromatic carbocycles. The Morgan fingerprint density at radius 2 is 1.79 bits per heavy atom. The van der Waals surface area contributed by atoms with Gasteiger partial charge >= 0.3 is 5.97 Å². The molecule has 150 valence electrons. The van der Waals surface area contributed by atoms with Crippen LogP contribution in [-0.2, 0) is 4.79 Å². The SMILES string of the molecule is C=C(C)C(=O)Oc1ccc(C=NC(C)C23CC4CC(CC(C4)C2)C3)cc1OC. The van der Waals surface area contributed by atoms with Gasteiger partial charge in [0.15, 0.2) is 11.5 Å². The van der Waals surface area contributed by atoms with Crippen molar-refractivity contribution in [2.45, 2.75) is 58.4 Å². The highest BCUT2D eigenvalue weighted by molar-refractivity contribution is 5.89. The molecule has 4 aliphatic rings. The number of hydrogen-bond donors (Lipinski definition) is 0. The second-order valence-corrected chi connectivity index (χ2v) is 9.31. The van der Waals surface area contributed by atoms with Crippen molar-refractivity contribution in [3.05, 3.63) is 35.9 Å². The molecule has 0 heterocycles. The van der Waals surface area contributed by atoms with Crippen molar-refractivity contribution in [1.29, 1.82) is 0 Å². The van der Waals surface area contributed by atoms with E-state index in [-0.39, 0.29) is 0 Å². The molecule has 0 aliphatic heterocycles. The van der Waals surface area contributed by atoms with Crippen LogP contribution in [0.5, 0.6) is 11.5 Å². The molecule has 1 unspecified atom stereocenters. The average Bonchev–Trinajstić information content (AvgIpc) is 2.65. The lowest BCUT2D eigenvalue weighted by Gasteiger charge is -2.58. The van der Waals surface area contributed by atoms with Gasteiger partial charge in [0.1, 0.15) is 0 Å². The third-order valence-corrected chi connectivity index (χ3v) is 7.16. The number of nitrogens with zero attached hydrogens (tertiary/aromatic N) is 1. The lowest BCUT2D eigenvalue weighted by Crippen LogP contribution is -2.50. The van der Waals surface area contributed by atoms with Gasteiger partial charge in [-0.3, -0.25) is 4.99 Å². The maximum atomic E-state index is 11.8. The minimum atomic E-state index is -0.449. The van der Waals surface area contributed by atoms with Crippen LogP contribution >= 0.6 is 0 Å². The Bertz CT molecular complexity index is 775. The molecular formula is C24H31NO3. The lowest BCUT2D eigenvalue weighted by molar-refractivity contribution is -0.130. The highest BCUT2D eigenvalue weighted by Gasteiger charge is 2.53. The minimum absolute atomic E-state index is 0.341. The largest absolute Gasteiger partial charge is 0.493 e. The van der Waals surface area contributed by atoms with E-state index in [0.29, 0.717) is 28.5 Å².